The Morgan fingerprint density at radius 3 is 2.61 bits per heavy atom. The Bertz CT molecular complexity index is 908. The summed E-state index contributed by atoms with van der Waals surface area (Å²) < 4.78 is 23.5. The third kappa shape index (κ3) is 5.20. The van der Waals surface area contributed by atoms with Gasteiger partial charge in [0.1, 0.15) is 16.3 Å². The van der Waals surface area contributed by atoms with Gasteiger partial charge in [0, 0.05) is 24.3 Å². The Balaban J connectivity index is 2.41. The molecule has 154 valence electrons. The summed E-state index contributed by atoms with van der Waals surface area (Å²) in [5.41, 5.74) is 0.405. The van der Waals surface area contributed by atoms with Crippen LogP contribution in [0, 0.1) is 5.92 Å². The van der Waals surface area contributed by atoms with Gasteiger partial charge in [-0.3, -0.25) is 9.59 Å². The lowest BCUT2D eigenvalue weighted by Crippen LogP contribution is -2.45. The predicted octanol–water partition coefficient (Wildman–Crippen LogP) is 1.93. The van der Waals surface area contributed by atoms with Gasteiger partial charge in [-0.05, 0) is 17.7 Å². The number of sulfonamides is 1. The molecule has 0 aliphatic carbocycles. The Hall–Kier alpha value is -1.27. The number of rotatable bonds is 6. The molecular weight excluding hydrogens is 448 g/mol. The summed E-state index contributed by atoms with van der Waals surface area (Å²) in [4.78, 5) is 36.7. The first kappa shape index (κ1) is 23.0. The molecule has 1 aliphatic heterocycles. The Morgan fingerprint density at radius 2 is 2.07 bits per heavy atom. The second-order valence-electron chi connectivity index (χ2n) is 6.22. The molecule has 1 aliphatic rings. The molecule has 1 fully saturated rings. The number of carboxylic acids is 1. The fraction of sp³-hybridized carbons (Fsp3) is 0.438. The second-order valence-corrected chi connectivity index (χ2v) is 10.5. The van der Waals surface area contributed by atoms with Crippen molar-refractivity contribution in [3.63, 3.8) is 0 Å². The van der Waals surface area contributed by atoms with E-state index < -0.39 is 39.2 Å². The topological polar surface area (TPSA) is 135 Å². The monoisotopic (exact) mass is 466 g/mol. The lowest BCUT2D eigenvalue weighted by molar-refractivity contribution is -0.150. The first-order valence-corrected chi connectivity index (χ1v) is 12.0. The molecule has 8 nitrogen and oxygen atoms in total. The number of amides is 1. The number of halogens is 1. The Labute approximate surface area is 176 Å². The van der Waals surface area contributed by atoms with Gasteiger partial charge < -0.3 is 10.0 Å². The normalized spacial score (nSPS) is 20.8. The lowest BCUT2D eigenvalue weighted by atomic mass is 10.1. The summed E-state index contributed by atoms with van der Waals surface area (Å²) in [6, 6.07) is 3.08. The molecule has 3 atom stereocenters. The third-order valence-electron chi connectivity index (χ3n) is 4.05. The molecule has 0 aromatic heterocycles. The summed E-state index contributed by atoms with van der Waals surface area (Å²) in [7, 11) is -4.09. The number of aliphatic carboxylic acids is 1. The number of nitrogens with two attached hydrogens (primary N) is 1. The zero-order valence-corrected chi connectivity index (χ0v) is 18.2. The van der Waals surface area contributed by atoms with E-state index in [2.05, 4.69) is 0 Å². The summed E-state index contributed by atoms with van der Waals surface area (Å²) in [5, 5.41) is 13.8. The van der Waals surface area contributed by atoms with E-state index in [0.717, 1.165) is 11.8 Å². The largest absolute Gasteiger partial charge is 0.480 e. The molecule has 0 saturated carbocycles. The molecule has 1 heterocycles. The minimum atomic E-state index is -4.09. The van der Waals surface area contributed by atoms with E-state index in [-0.39, 0.29) is 26.5 Å². The van der Waals surface area contributed by atoms with E-state index in [1.165, 1.54) is 41.8 Å². The molecule has 1 aromatic carbocycles. The zero-order valence-electron chi connectivity index (χ0n) is 15.0. The van der Waals surface area contributed by atoms with Crippen LogP contribution in [-0.4, -0.2) is 53.0 Å². The van der Waals surface area contributed by atoms with E-state index in [0.29, 0.717) is 5.56 Å². The summed E-state index contributed by atoms with van der Waals surface area (Å²) >= 11 is 8.11. The van der Waals surface area contributed by atoms with Gasteiger partial charge in [0.05, 0.1) is 5.02 Å². The molecule has 0 radical (unpaired) electrons. The minimum absolute atomic E-state index is 0.0619. The number of hydrogen-bond acceptors (Lipinski definition) is 7. The fourth-order valence-electron chi connectivity index (χ4n) is 2.68. The number of benzene rings is 1. The van der Waals surface area contributed by atoms with Crippen LogP contribution in [0.4, 0.5) is 0 Å². The van der Waals surface area contributed by atoms with Gasteiger partial charge >= 0.3 is 5.97 Å². The summed E-state index contributed by atoms with van der Waals surface area (Å²) in [6.07, 6.45) is 0. The van der Waals surface area contributed by atoms with E-state index in [4.69, 9.17) is 16.7 Å². The average molecular weight is 467 g/mol. The minimum Gasteiger partial charge on any atom is -0.480 e. The van der Waals surface area contributed by atoms with E-state index in [1.807, 2.05) is 0 Å². The number of carbonyl (C=O) groups excluding carboxylic acids is 2. The van der Waals surface area contributed by atoms with Gasteiger partial charge in [0.2, 0.25) is 15.9 Å². The molecular formula is C16H19ClN2O6S3. The molecule has 2 rings (SSSR count). The van der Waals surface area contributed by atoms with Crippen molar-refractivity contribution in [3.05, 3.63) is 28.8 Å². The molecule has 2 unspecified atom stereocenters. The Kier molecular flexibility index (Phi) is 7.43. The van der Waals surface area contributed by atoms with Crippen molar-refractivity contribution in [1.29, 1.82) is 0 Å². The van der Waals surface area contributed by atoms with Gasteiger partial charge in [-0.1, -0.05) is 36.4 Å². The molecule has 1 saturated heterocycles. The number of nitrogens with zero attached hydrogens (tertiary/aromatic N) is 1. The van der Waals surface area contributed by atoms with E-state index in [9.17, 15) is 27.9 Å². The van der Waals surface area contributed by atoms with Gasteiger partial charge in [-0.2, -0.15) is 0 Å². The van der Waals surface area contributed by atoms with E-state index in [1.54, 1.807) is 6.92 Å². The van der Waals surface area contributed by atoms with Crippen molar-refractivity contribution in [3.8, 4) is 0 Å². The number of carboxylic acid groups (broad SMARTS) is 1. The molecule has 1 aromatic rings. The van der Waals surface area contributed by atoms with Crippen molar-refractivity contribution in [2.45, 2.75) is 30.2 Å². The zero-order chi connectivity index (χ0) is 21.2. The van der Waals surface area contributed by atoms with Crippen LogP contribution in [-0.2, 0) is 24.4 Å². The van der Waals surface area contributed by atoms with Crippen LogP contribution in [0.5, 0.6) is 0 Å². The standard InChI is InChI=1S/C16H19ClN2O6S3/c1-8(6-26-9(2)20)14(21)19-12(16(22)23)7-27-15(19)10-3-4-11(17)13(5-10)28(18,24)25/h3-5,8,12,15H,6-7H2,1-2H3,(H,22,23)(H2,18,24,25)/t8-,12?,15?/m1/s1. The van der Waals surface area contributed by atoms with Crippen molar-refractivity contribution in [2.75, 3.05) is 11.5 Å². The highest BCUT2D eigenvalue weighted by Gasteiger charge is 2.43. The maximum atomic E-state index is 13.0. The molecule has 1 amide bonds. The second kappa shape index (κ2) is 9.04. The van der Waals surface area contributed by atoms with Crippen LogP contribution >= 0.6 is 35.1 Å². The first-order chi connectivity index (χ1) is 12.9. The number of primary sulfonamides is 1. The quantitative estimate of drug-likeness (QED) is 0.649. The van der Waals surface area contributed by atoms with Gasteiger partial charge in [-0.25, -0.2) is 18.4 Å². The highest BCUT2D eigenvalue weighted by atomic mass is 35.5. The van der Waals surface area contributed by atoms with E-state index >= 15 is 0 Å². The molecule has 0 bridgehead atoms. The third-order valence-corrected chi connectivity index (χ3v) is 7.83. The lowest BCUT2D eigenvalue weighted by Gasteiger charge is -2.30. The molecule has 3 N–H and O–H groups in total. The van der Waals surface area contributed by atoms with Crippen LogP contribution < -0.4 is 5.14 Å². The van der Waals surface area contributed by atoms with Crippen LogP contribution in [0.15, 0.2) is 23.1 Å². The van der Waals surface area contributed by atoms with Crippen molar-refractivity contribution in [2.24, 2.45) is 11.1 Å². The van der Waals surface area contributed by atoms with Crippen LogP contribution in [0.2, 0.25) is 5.02 Å². The summed E-state index contributed by atoms with van der Waals surface area (Å²) in [6.45, 7) is 3.01. The molecule has 0 spiro atoms. The van der Waals surface area contributed by atoms with Crippen molar-refractivity contribution >= 4 is 62.1 Å². The molecule has 12 heteroatoms. The SMILES string of the molecule is CC(=O)SC[C@@H](C)C(=O)N1C(C(=O)O)CSC1c1ccc(Cl)c(S(N)(=O)=O)c1. The van der Waals surface area contributed by atoms with Crippen molar-refractivity contribution < 1.29 is 27.9 Å². The maximum absolute atomic E-state index is 13.0. The number of carbonyl (C=O) groups is 3. The highest BCUT2D eigenvalue weighted by Crippen LogP contribution is 2.43. The summed E-state index contributed by atoms with van der Waals surface area (Å²) in [5.74, 6) is -1.82. The van der Waals surface area contributed by atoms with Gasteiger partial charge in [-0.15, -0.1) is 11.8 Å². The predicted molar refractivity (Wildman–Crippen MR) is 109 cm³/mol. The number of hydrogen-bond donors (Lipinski definition) is 2. The van der Waals surface area contributed by atoms with Gasteiger partial charge in [0.25, 0.3) is 0 Å². The molecule has 28 heavy (non-hydrogen) atoms. The number of thioether (sulfide) groups is 2. The fourth-order valence-corrected chi connectivity index (χ4v) is 5.81. The maximum Gasteiger partial charge on any atom is 0.327 e. The van der Waals surface area contributed by atoms with Gasteiger partial charge in [0.15, 0.2) is 5.12 Å². The van der Waals surface area contributed by atoms with Crippen LogP contribution in [0.1, 0.15) is 24.8 Å². The smallest absolute Gasteiger partial charge is 0.327 e. The highest BCUT2D eigenvalue weighted by molar-refractivity contribution is 8.13. The van der Waals surface area contributed by atoms with Crippen LogP contribution in [0.3, 0.4) is 0 Å². The first-order valence-electron chi connectivity index (χ1n) is 8.05. The van der Waals surface area contributed by atoms with Crippen LogP contribution in [0.25, 0.3) is 0 Å². The van der Waals surface area contributed by atoms with Crippen molar-refractivity contribution in [1.82, 2.24) is 4.90 Å². The average Bonchev–Trinajstić information content (AvgIpc) is 3.03. The Morgan fingerprint density at radius 1 is 1.43 bits per heavy atom.